The maximum atomic E-state index is 12.6. The van der Waals surface area contributed by atoms with Crippen LogP contribution in [0.25, 0.3) is 0 Å². The lowest BCUT2D eigenvalue weighted by molar-refractivity contribution is 0.158. The topological polar surface area (TPSA) is 78.9 Å². The molecule has 1 aromatic carbocycles. The van der Waals surface area contributed by atoms with E-state index in [4.69, 9.17) is 4.74 Å². The van der Waals surface area contributed by atoms with Gasteiger partial charge in [-0.15, -0.1) is 0 Å². The number of piperazine rings is 1. The van der Waals surface area contributed by atoms with Gasteiger partial charge >= 0.3 is 6.09 Å². The molecule has 0 atom stereocenters. The molecule has 0 unspecified atom stereocenters. The summed E-state index contributed by atoms with van der Waals surface area (Å²) in [5.41, 5.74) is 0.794. The van der Waals surface area contributed by atoms with Crippen LogP contribution in [0, 0.1) is 0 Å². The molecule has 1 fully saturated rings. The van der Waals surface area contributed by atoms with Gasteiger partial charge in [-0.2, -0.15) is 4.31 Å². The maximum Gasteiger partial charge on any atom is 0.407 e. The van der Waals surface area contributed by atoms with Crippen LogP contribution in [0.3, 0.4) is 0 Å². The highest BCUT2D eigenvalue weighted by atomic mass is 32.2. The number of nitrogens with zero attached hydrogens (tertiary/aromatic N) is 2. The van der Waals surface area contributed by atoms with Gasteiger partial charge < -0.3 is 15.0 Å². The van der Waals surface area contributed by atoms with E-state index < -0.39 is 16.1 Å². The molecule has 0 aliphatic carbocycles. The number of hydrogen-bond donors (Lipinski definition) is 1. The van der Waals surface area contributed by atoms with Gasteiger partial charge in [-0.25, -0.2) is 13.2 Å². The summed E-state index contributed by atoms with van der Waals surface area (Å²) in [4.78, 5) is 13.7. The highest BCUT2D eigenvalue weighted by Crippen LogP contribution is 2.18. The van der Waals surface area contributed by atoms with Gasteiger partial charge in [0.05, 0.1) is 4.90 Å². The Kier molecular flexibility index (Phi) is 6.36. The highest BCUT2D eigenvalue weighted by Gasteiger charge is 2.27. The molecule has 0 radical (unpaired) electrons. The van der Waals surface area contributed by atoms with Crippen LogP contribution in [0.4, 0.5) is 4.79 Å². The predicted octanol–water partition coefficient (Wildman–Crippen LogP) is 1.03. The fourth-order valence-electron chi connectivity index (χ4n) is 2.32. The van der Waals surface area contributed by atoms with Crippen LogP contribution in [0.5, 0.6) is 0 Å². The summed E-state index contributed by atoms with van der Waals surface area (Å²) in [6, 6.07) is 6.52. The maximum absolute atomic E-state index is 12.6. The van der Waals surface area contributed by atoms with E-state index in [-0.39, 0.29) is 18.0 Å². The van der Waals surface area contributed by atoms with Crippen LogP contribution in [-0.2, 0) is 21.3 Å². The number of benzene rings is 1. The lowest BCUT2D eigenvalue weighted by Crippen LogP contribution is -2.47. The molecule has 24 heavy (non-hydrogen) atoms. The first kappa shape index (κ1) is 18.4. The van der Waals surface area contributed by atoms with Crippen LogP contribution in [0.15, 0.2) is 41.8 Å². The molecule has 8 heteroatoms. The Balaban J connectivity index is 1.95. The number of sulfonamides is 1. The molecule has 1 aliphatic heterocycles. The summed E-state index contributed by atoms with van der Waals surface area (Å²) in [7, 11) is -1.48. The van der Waals surface area contributed by atoms with Gasteiger partial charge in [0.2, 0.25) is 10.0 Å². The van der Waals surface area contributed by atoms with Gasteiger partial charge in [0.25, 0.3) is 0 Å². The Morgan fingerprint density at radius 3 is 2.46 bits per heavy atom. The minimum atomic E-state index is -3.46. The van der Waals surface area contributed by atoms with Gasteiger partial charge in [-0.1, -0.05) is 24.8 Å². The number of amides is 1. The fourth-order valence-corrected chi connectivity index (χ4v) is 3.74. The minimum absolute atomic E-state index is 0.147. The molecule has 1 amide bonds. The van der Waals surface area contributed by atoms with Crippen molar-refractivity contribution in [1.82, 2.24) is 14.5 Å². The van der Waals surface area contributed by atoms with Gasteiger partial charge in [-0.3, -0.25) is 0 Å². The second-order valence-corrected chi connectivity index (χ2v) is 7.53. The Bertz CT molecular complexity index is 665. The lowest BCUT2D eigenvalue weighted by Gasteiger charge is -2.31. The molecular weight excluding hydrogens is 330 g/mol. The third kappa shape index (κ3) is 4.80. The summed E-state index contributed by atoms with van der Waals surface area (Å²) >= 11 is 0. The van der Waals surface area contributed by atoms with E-state index in [9.17, 15) is 13.2 Å². The molecule has 1 N–H and O–H groups in total. The molecule has 2 rings (SSSR count). The second-order valence-electron chi connectivity index (χ2n) is 5.59. The SMILES string of the molecule is C=CCOC(=O)NCc1ccc(S(=O)(=O)N2CCN(C)CC2)cc1. The van der Waals surface area contributed by atoms with Crippen molar-refractivity contribution in [2.45, 2.75) is 11.4 Å². The second kappa shape index (κ2) is 8.27. The van der Waals surface area contributed by atoms with E-state index >= 15 is 0 Å². The van der Waals surface area contributed by atoms with Crippen molar-refractivity contribution in [3.8, 4) is 0 Å². The van der Waals surface area contributed by atoms with Gasteiger partial charge in [0, 0.05) is 32.7 Å². The van der Waals surface area contributed by atoms with E-state index in [1.165, 1.54) is 10.4 Å². The number of likely N-dealkylation sites (N-methyl/N-ethyl adjacent to an activating group) is 1. The van der Waals surface area contributed by atoms with Gasteiger partial charge in [0.15, 0.2) is 0 Å². The summed E-state index contributed by atoms with van der Waals surface area (Å²) in [6.07, 6.45) is 0.946. The van der Waals surface area contributed by atoms with Crippen LogP contribution < -0.4 is 5.32 Å². The first-order valence-corrected chi connectivity index (χ1v) is 9.16. The van der Waals surface area contributed by atoms with Gasteiger partial charge in [0.1, 0.15) is 6.61 Å². The van der Waals surface area contributed by atoms with E-state index in [1.54, 1.807) is 24.3 Å². The molecule has 0 bridgehead atoms. The molecule has 1 aromatic rings. The van der Waals surface area contributed by atoms with Crippen LogP contribution in [0.1, 0.15) is 5.56 Å². The largest absolute Gasteiger partial charge is 0.445 e. The van der Waals surface area contributed by atoms with Crippen molar-refractivity contribution < 1.29 is 17.9 Å². The number of nitrogens with one attached hydrogen (secondary N) is 1. The zero-order valence-electron chi connectivity index (χ0n) is 13.8. The smallest absolute Gasteiger partial charge is 0.407 e. The first-order valence-electron chi connectivity index (χ1n) is 7.72. The number of rotatable bonds is 6. The highest BCUT2D eigenvalue weighted by molar-refractivity contribution is 7.89. The average molecular weight is 353 g/mol. The fraction of sp³-hybridized carbons (Fsp3) is 0.438. The molecule has 1 heterocycles. The van der Waals surface area contributed by atoms with Crippen LogP contribution in [0.2, 0.25) is 0 Å². The van der Waals surface area contributed by atoms with Crippen molar-refractivity contribution in [3.63, 3.8) is 0 Å². The number of alkyl carbamates (subject to hydrolysis) is 1. The zero-order valence-corrected chi connectivity index (χ0v) is 14.6. The Morgan fingerprint density at radius 2 is 1.88 bits per heavy atom. The van der Waals surface area contributed by atoms with E-state index in [2.05, 4.69) is 16.8 Å². The van der Waals surface area contributed by atoms with Crippen molar-refractivity contribution in [1.29, 1.82) is 0 Å². The normalized spacial score (nSPS) is 16.5. The predicted molar refractivity (Wildman–Crippen MR) is 91.1 cm³/mol. The summed E-state index contributed by atoms with van der Waals surface area (Å²) in [6.45, 7) is 6.33. The van der Waals surface area contributed by atoms with Crippen molar-refractivity contribution in [2.75, 3.05) is 39.8 Å². The lowest BCUT2D eigenvalue weighted by atomic mass is 10.2. The molecule has 0 aromatic heterocycles. The van der Waals surface area contributed by atoms with Crippen molar-refractivity contribution in [2.24, 2.45) is 0 Å². The number of carbonyl (C=O) groups excluding carboxylic acids is 1. The van der Waals surface area contributed by atoms with Crippen LogP contribution >= 0.6 is 0 Å². The van der Waals surface area contributed by atoms with E-state index in [0.717, 1.165) is 18.7 Å². The zero-order chi connectivity index (χ0) is 17.6. The van der Waals surface area contributed by atoms with Crippen molar-refractivity contribution in [3.05, 3.63) is 42.5 Å². The monoisotopic (exact) mass is 353 g/mol. The Hall–Kier alpha value is -1.90. The first-order chi connectivity index (χ1) is 11.4. The molecule has 1 saturated heterocycles. The standard InChI is InChI=1S/C16H23N3O4S/c1-3-12-23-16(20)17-13-14-4-6-15(7-5-14)24(21,22)19-10-8-18(2)9-11-19/h3-7H,1,8-13H2,2H3,(H,17,20). The van der Waals surface area contributed by atoms with E-state index in [1.807, 2.05) is 7.05 Å². The third-order valence-corrected chi connectivity index (χ3v) is 5.71. The Labute approximate surface area is 142 Å². The molecule has 1 aliphatic rings. The Morgan fingerprint density at radius 1 is 1.25 bits per heavy atom. The average Bonchev–Trinajstić information content (AvgIpc) is 2.59. The summed E-state index contributed by atoms with van der Waals surface area (Å²) in [5.74, 6) is 0. The number of hydrogen-bond acceptors (Lipinski definition) is 5. The molecule has 0 spiro atoms. The van der Waals surface area contributed by atoms with Gasteiger partial charge in [-0.05, 0) is 24.7 Å². The molecule has 7 nitrogen and oxygen atoms in total. The molecule has 132 valence electrons. The van der Waals surface area contributed by atoms with Crippen LogP contribution in [-0.4, -0.2) is 63.5 Å². The third-order valence-electron chi connectivity index (χ3n) is 3.79. The number of ether oxygens (including phenoxy) is 1. The van der Waals surface area contributed by atoms with Crippen molar-refractivity contribution >= 4 is 16.1 Å². The summed E-state index contributed by atoms with van der Waals surface area (Å²) in [5, 5.41) is 2.59. The molecular formula is C16H23N3O4S. The van der Waals surface area contributed by atoms with E-state index in [0.29, 0.717) is 13.1 Å². The molecule has 0 saturated carbocycles. The summed E-state index contributed by atoms with van der Waals surface area (Å²) < 4.78 is 31.5. The quantitative estimate of drug-likeness (QED) is 0.773. The number of carbonyl (C=O) groups is 1. The minimum Gasteiger partial charge on any atom is -0.445 e.